The summed E-state index contributed by atoms with van der Waals surface area (Å²) in [6, 6.07) is 5.53. The molecule has 170 valence electrons. The lowest BCUT2D eigenvalue weighted by atomic mass is 9.57. The molecule has 6 nitrogen and oxygen atoms in total. The van der Waals surface area contributed by atoms with Gasteiger partial charge in [0.25, 0.3) is 0 Å². The van der Waals surface area contributed by atoms with Crippen molar-refractivity contribution in [1.29, 1.82) is 0 Å². The van der Waals surface area contributed by atoms with Crippen molar-refractivity contribution in [3.05, 3.63) is 35.6 Å². The van der Waals surface area contributed by atoms with Crippen molar-refractivity contribution < 1.29 is 33.2 Å². The molecule has 0 aromatic heterocycles. The van der Waals surface area contributed by atoms with Gasteiger partial charge in [0.15, 0.2) is 11.9 Å². The Morgan fingerprint density at radius 1 is 1.19 bits per heavy atom. The molecule has 4 aliphatic heterocycles. The first-order valence-electron chi connectivity index (χ1n) is 11.5. The van der Waals surface area contributed by atoms with Gasteiger partial charge in [-0.3, -0.25) is 0 Å². The maximum Gasteiger partial charge on any atom is 0.338 e. The Balaban J connectivity index is 1.30. The molecule has 0 amide bonds. The third kappa shape index (κ3) is 3.50. The van der Waals surface area contributed by atoms with Gasteiger partial charge in [0, 0.05) is 18.8 Å². The molecule has 1 spiro atoms. The zero-order valence-corrected chi connectivity index (χ0v) is 18.3. The summed E-state index contributed by atoms with van der Waals surface area (Å²) in [6.45, 7) is 6.59. The van der Waals surface area contributed by atoms with Crippen molar-refractivity contribution in [2.24, 2.45) is 23.7 Å². The summed E-state index contributed by atoms with van der Waals surface area (Å²) >= 11 is 0. The Hall–Kier alpha value is -1.54. The number of benzene rings is 1. The van der Waals surface area contributed by atoms with Crippen LogP contribution in [0.15, 0.2) is 24.3 Å². The van der Waals surface area contributed by atoms with Crippen LogP contribution in [0.5, 0.6) is 0 Å². The molecule has 1 aromatic rings. The van der Waals surface area contributed by atoms with Crippen LogP contribution >= 0.6 is 0 Å². The average molecular weight is 435 g/mol. The molecule has 0 N–H and O–H groups in total. The first-order chi connectivity index (χ1) is 14.8. The molecule has 5 fully saturated rings. The van der Waals surface area contributed by atoms with Gasteiger partial charge in [-0.1, -0.05) is 19.9 Å². The average Bonchev–Trinajstić information content (AvgIpc) is 2.97. The molecule has 4 saturated heterocycles. The molecular formula is C24H31FO6. The third-order valence-electron chi connectivity index (χ3n) is 7.99. The molecule has 6 rings (SSSR count). The van der Waals surface area contributed by atoms with Crippen LogP contribution in [0, 0.1) is 29.5 Å². The van der Waals surface area contributed by atoms with Crippen LogP contribution < -0.4 is 0 Å². The van der Waals surface area contributed by atoms with Crippen LogP contribution in [0.1, 0.15) is 63.2 Å². The number of halogens is 1. The van der Waals surface area contributed by atoms with E-state index in [-0.39, 0.29) is 30.1 Å². The van der Waals surface area contributed by atoms with Gasteiger partial charge in [0.05, 0.1) is 18.3 Å². The van der Waals surface area contributed by atoms with E-state index in [2.05, 4.69) is 13.8 Å². The van der Waals surface area contributed by atoms with E-state index >= 15 is 0 Å². The summed E-state index contributed by atoms with van der Waals surface area (Å²) in [7, 11) is 0. The van der Waals surface area contributed by atoms with Gasteiger partial charge in [-0.2, -0.15) is 0 Å². The van der Waals surface area contributed by atoms with Crippen LogP contribution in [0.25, 0.3) is 0 Å². The third-order valence-corrected chi connectivity index (χ3v) is 7.99. The molecule has 5 aliphatic rings. The largest absolute Gasteiger partial charge is 0.462 e. The summed E-state index contributed by atoms with van der Waals surface area (Å²) in [5.74, 6) is -0.484. The maximum atomic E-state index is 13.4. The van der Waals surface area contributed by atoms with E-state index in [0.717, 1.165) is 25.7 Å². The molecule has 31 heavy (non-hydrogen) atoms. The monoisotopic (exact) mass is 434 g/mol. The summed E-state index contributed by atoms with van der Waals surface area (Å²) in [5, 5.41) is 0. The van der Waals surface area contributed by atoms with Gasteiger partial charge in [-0.05, 0) is 62.1 Å². The quantitative estimate of drug-likeness (QED) is 0.509. The van der Waals surface area contributed by atoms with Crippen molar-refractivity contribution in [2.75, 3.05) is 6.61 Å². The van der Waals surface area contributed by atoms with E-state index in [1.807, 2.05) is 6.92 Å². The fourth-order valence-electron chi connectivity index (χ4n) is 6.28. The molecule has 1 saturated carbocycles. The number of hydrogen-bond donors (Lipinski definition) is 0. The molecule has 1 unspecified atom stereocenters. The van der Waals surface area contributed by atoms with E-state index in [4.69, 9.17) is 24.0 Å². The second-order valence-corrected chi connectivity index (χ2v) is 9.88. The van der Waals surface area contributed by atoms with Gasteiger partial charge in [0.2, 0.25) is 5.79 Å². The normalized spacial score (nSPS) is 43.7. The maximum absolute atomic E-state index is 13.4. The van der Waals surface area contributed by atoms with E-state index in [9.17, 15) is 9.18 Å². The van der Waals surface area contributed by atoms with Crippen molar-refractivity contribution in [2.45, 2.75) is 76.7 Å². The van der Waals surface area contributed by atoms with E-state index < -0.39 is 29.5 Å². The van der Waals surface area contributed by atoms with Gasteiger partial charge in [-0.15, -0.1) is 0 Å². The number of carbonyl (C=O) groups is 1. The van der Waals surface area contributed by atoms with Crippen molar-refractivity contribution >= 4 is 5.97 Å². The molecular weight excluding hydrogens is 403 g/mol. The summed E-state index contributed by atoms with van der Waals surface area (Å²) in [6.07, 6.45) is 3.88. The molecule has 2 bridgehead atoms. The van der Waals surface area contributed by atoms with Crippen LogP contribution in [0.4, 0.5) is 4.39 Å². The fraction of sp³-hybridized carbons (Fsp3) is 0.708. The smallest absolute Gasteiger partial charge is 0.338 e. The van der Waals surface area contributed by atoms with Gasteiger partial charge < -0.3 is 14.2 Å². The number of hydrogen-bond acceptors (Lipinski definition) is 6. The molecule has 1 aromatic carbocycles. The standard InChI is InChI=1S/C24H31FO6/c1-14-7-8-19-15(2)20(10-12-27-21(26)16-5-4-6-17(25)13-16)28-22-24(19)18(14)9-11-23(3,29-22)30-31-24/h4-6,13-15,18-20,22H,7-12H2,1-3H3/t14-,15-,18+,19+,20-,22-,23?,24-/m1/s1. The van der Waals surface area contributed by atoms with Gasteiger partial charge in [0.1, 0.15) is 5.82 Å². The molecule has 7 heteroatoms. The number of esters is 1. The minimum Gasteiger partial charge on any atom is -0.462 e. The Labute approximate surface area is 182 Å². The first-order valence-corrected chi connectivity index (χ1v) is 11.5. The highest BCUT2D eigenvalue weighted by molar-refractivity contribution is 5.89. The van der Waals surface area contributed by atoms with Crippen molar-refractivity contribution in [3.8, 4) is 0 Å². The molecule has 0 radical (unpaired) electrons. The fourth-order valence-corrected chi connectivity index (χ4v) is 6.28. The van der Waals surface area contributed by atoms with Gasteiger partial charge >= 0.3 is 5.97 Å². The zero-order chi connectivity index (χ0) is 21.8. The first kappa shape index (κ1) is 21.3. The predicted octanol–water partition coefficient (Wildman–Crippen LogP) is 4.62. The van der Waals surface area contributed by atoms with Crippen LogP contribution in [-0.2, 0) is 24.0 Å². The number of carbonyl (C=O) groups excluding carboxylic acids is 1. The van der Waals surface area contributed by atoms with Crippen LogP contribution in [-0.4, -0.2) is 36.4 Å². The Bertz CT molecular complexity index is 847. The Morgan fingerprint density at radius 2 is 2.03 bits per heavy atom. The molecule has 4 heterocycles. The minimum atomic E-state index is -0.799. The zero-order valence-electron chi connectivity index (χ0n) is 18.3. The summed E-state index contributed by atoms with van der Waals surface area (Å²) in [5.41, 5.74) is -0.370. The Kier molecular flexibility index (Phi) is 5.36. The molecule has 1 aliphatic carbocycles. The number of fused-ring (bicyclic) bond motifs is 2. The van der Waals surface area contributed by atoms with Crippen molar-refractivity contribution in [3.63, 3.8) is 0 Å². The van der Waals surface area contributed by atoms with Crippen LogP contribution in [0.2, 0.25) is 0 Å². The van der Waals surface area contributed by atoms with Crippen molar-refractivity contribution in [1.82, 2.24) is 0 Å². The SMILES string of the molecule is C[C@H]1[C@@H](CCOC(=O)c2cccc(F)c2)O[C@@H]2OC3(C)CC[C@H]4[C@H](C)CC[C@@H]1[C@@]24OO3. The summed E-state index contributed by atoms with van der Waals surface area (Å²) < 4.78 is 31.6. The van der Waals surface area contributed by atoms with Gasteiger partial charge in [-0.25, -0.2) is 19.0 Å². The topological polar surface area (TPSA) is 63.2 Å². The predicted molar refractivity (Wildman–Crippen MR) is 108 cm³/mol. The second kappa shape index (κ2) is 7.80. The Morgan fingerprint density at radius 3 is 2.84 bits per heavy atom. The number of rotatable bonds is 4. The minimum absolute atomic E-state index is 0.124. The second-order valence-electron chi connectivity index (χ2n) is 9.88. The lowest BCUT2D eigenvalue weighted by molar-refractivity contribution is -0.571. The lowest BCUT2D eigenvalue weighted by Gasteiger charge is -2.60. The highest BCUT2D eigenvalue weighted by Crippen LogP contribution is 2.60. The van der Waals surface area contributed by atoms with E-state index in [1.54, 1.807) is 6.07 Å². The lowest BCUT2D eigenvalue weighted by Crippen LogP contribution is -2.70. The van der Waals surface area contributed by atoms with E-state index in [1.165, 1.54) is 18.2 Å². The highest BCUT2D eigenvalue weighted by Gasteiger charge is 2.69. The number of ether oxygens (including phenoxy) is 3. The summed E-state index contributed by atoms with van der Waals surface area (Å²) in [4.78, 5) is 24.2. The van der Waals surface area contributed by atoms with E-state index in [0.29, 0.717) is 18.3 Å². The highest BCUT2D eigenvalue weighted by atomic mass is 19.1. The molecule has 8 atom stereocenters. The van der Waals surface area contributed by atoms with Crippen LogP contribution in [0.3, 0.4) is 0 Å².